The molecule has 7 heteroatoms. The van der Waals surface area contributed by atoms with Gasteiger partial charge >= 0.3 is 6.03 Å². The number of nitrogens with zero attached hydrogens (tertiary/aromatic N) is 2. The highest BCUT2D eigenvalue weighted by Crippen LogP contribution is 2.38. The summed E-state index contributed by atoms with van der Waals surface area (Å²) in [6, 6.07) is 7.51. The monoisotopic (exact) mass is 350 g/mol. The van der Waals surface area contributed by atoms with Crippen LogP contribution in [-0.4, -0.2) is 16.2 Å². The van der Waals surface area contributed by atoms with Gasteiger partial charge in [0.25, 0.3) is 0 Å². The van der Waals surface area contributed by atoms with Crippen LogP contribution < -0.4 is 10.6 Å². The summed E-state index contributed by atoms with van der Waals surface area (Å²) in [6.45, 7) is 0.710. The normalized spacial score (nSPS) is 14.0. The zero-order chi connectivity index (χ0) is 14.7. The first kappa shape index (κ1) is 14.1. The van der Waals surface area contributed by atoms with Crippen LogP contribution in [0.25, 0.3) is 0 Å². The minimum Gasteiger partial charge on any atom is -0.423 e. The third kappa shape index (κ3) is 4.04. The van der Waals surface area contributed by atoms with E-state index in [2.05, 4.69) is 36.8 Å². The predicted molar refractivity (Wildman–Crippen MR) is 79.5 cm³/mol. The number of halogens is 1. The van der Waals surface area contributed by atoms with Gasteiger partial charge in [0, 0.05) is 16.9 Å². The lowest BCUT2D eigenvalue weighted by atomic mass is 10.2. The number of urea groups is 1. The van der Waals surface area contributed by atoms with Crippen LogP contribution in [0.1, 0.15) is 36.1 Å². The summed E-state index contributed by atoms with van der Waals surface area (Å²) in [6.07, 6.45) is 2.23. The van der Waals surface area contributed by atoms with Crippen molar-refractivity contribution < 1.29 is 9.21 Å². The van der Waals surface area contributed by atoms with Gasteiger partial charge in [0.2, 0.25) is 11.8 Å². The van der Waals surface area contributed by atoms with Gasteiger partial charge in [-0.05, 0) is 30.5 Å². The second-order valence-corrected chi connectivity index (χ2v) is 5.89. The molecule has 0 saturated heterocycles. The van der Waals surface area contributed by atoms with Gasteiger partial charge < -0.3 is 15.1 Å². The van der Waals surface area contributed by atoms with E-state index in [0.29, 0.717) is 24.2 Å². The number of benzene rings is 1. The molecule has 2 N–H and O–H groups in total. The number of nitrogens with one attached hydrogen (secondary N) is 2. The largest absolute Gasteiger partial charge is 0.423 e. The number of hydrogen-bond donors (Lipinski definition) is 2. The van der Waals surface area contributed by atoms with E-state index < -0.39 is 0 Å². The molecule has 0 unspecified atom stereocenters. The molecule has 1 aromatic carbocycles. The first-order valence-electron chi connectivity index (χ1n) is 6.79. The minimum atomic E-state index is -0.260. The van der Waals surface area contributed by atoms with Gasteiger partial charge in [-0.1, -0.05) is 28.1 Å². The number of amides is 2. The lowest BCUT2D eigenvalue weighted by Gasteiger charge is -2.06. The van der Waals surface area contributed by atoms with Gasteiger partial charge in [0.15, 0.2) is 0 Å². The molecule has 1 fully saturated rings. The zero-order valence-corrected chi connectivity index (χ0v) is 12.9. The smallest absolute Gasteiger partial charge is 0.315 e. The molecule has 110 valence electrons. The Balaban J connectivity index is 1.42. The van der Waals surface area contributed by atoms with E-state index in [9.17, 15) is 4.79 Å². The van der Waals surface area contributed by atoms with Gasteiger partial charge in [-0.15, -0.1) is 10.2 Å². The van der Waals surface area contributed by atoms with Gasteiger partial charge in [0.1, 0.15) is 0 Å². The Bertz CT molecular complexity index is 622. The maximum absolute atomic E-state index is 11.7. The van der Waals surface area contributed by atoms with E-state index in [0.717, 1.165) is 22.9 Å². The number of hydrogen-bond acceptors (Lipinski definition) is 4. The van der Waals surface area contributed by atoms with Crippen molar-refractivity contribution in [3.8, 4) is 0 Å². The van der Waals surface area contributed by atoms with Crippen LogP contribution in [0.15, 0.2) is 33.2 Å². The standard InChI is InChI=1S/C14H15BrN4O2/c15-11-5-1-9(2-6-11)7-16-14(20)17-8-12-18-19-13(21-12)10-3-4-10/h1-2,5-6,10H,3-4,7-8H2,(H2,16,17,20). The van der Waals surface area contributed by atoms with Crippen LogP contribution >= 0.6 is 15.9 Å². The highest BCUT2D eigenvalue weighted by atomic mass is 79.9. The highest BCUT2D eigenvalue weighted by molar-refractivity contribution is 9.10. The molecule has 0 aliphatic heterocycles. The van der Waals surface area contributed by atoms with E-state index in [1.54, 1.807) is 0 Å². The lowest BCUT2D eigenvalue weighted by molar-refractivity contribution is 0.238. The molecule has 2 amide bonds. The summed E-state index contributed by atoms with van der Waals surface area (Å²) in [4.78, 5) is 11.7. The summed E-state index contributed by atoms with van der Waals surface area (Å²) < 4.78 is 6.48. The third-order valence-corrected chi connectivity index (χ3v) is 3.70. The van der Waals surface area contributed by atoms with Crippen molar-refractivity contribution in [1.82, 2.24) is 20.8 Å². The fraction of sp³-hybridized carbons (Fsp3) is 0.357. The second-order valence-electron chi connectivity index (χ2n) is 4.97. The maximum atomic E-state index is 11.7. The first-order valence-corrected chi connectivity index (χ1v) is 7.58. The number of carbonyl (C=O) groups excluding carboxylic acids is 1. The molecule has 21 heavy (non-hydrogen) atoms. The molecule has 0 spiro atoms. The zero-order valence-electron chi connectivity index (χ0n) is 11.3. The molecule has 6 nitrogen and oxygen atoms in total. The Morgan fingerprint density at radius 3 is 2.62 bits per heavy atom. The van der Waals surface area contributed by atoms with Gasteiger partial charge in [0.05, 0.1) is 6.54 Å². The average molecular weight is 351 g/mol. The topological polar surface area (TPSA) is 80.0 Å². The van der Waals surface area contributed by atoms with Crippen molar-refractivity contribution >= 4 is 22.0 Å². The number of rotatable bonds is 5. The SMILES string of the molecule is O=C(NCc1ccc(Br)cc1)NCc1nnc(C2CC2)o1. The molecular weight excluding hydrogens is 336 g/mol. The molecule has 3 rings (SSSR count). The van der Waals surface area contributed by atoms with Crippen molar-refractivity contribution in [3.05, 3.63) is 46.1 Å². The molecule has 1 aliphatic carbocycles. The van der Waals surface area contributed by atoms with Crippen molar-refractivity contribution in [1.29, 1.82) is 0 Å². The van der Waals surface area contributed by atoms with E-state index >= 15 is 0 Å². The van der Waals surface area contributed by atoms with Crippen molar-refractivity contribution in [2.24, 2.45) is 0 Å². The number of aromatic nitrogens is 2. The summed E-state index contributed by atoms with van der Waals surface area (Å²) >= 11 is 3.37. The molecule has 2 aromatic rings. The van der Waals surface area contributed by atoms with Crippen molar-refractivity contribution in [2.45, 2.75) is 31.8 Å². The Hall–Kier alpha value is -1.89. The summed E-state index contributed by atoms with van der Waals surface area (Å²) in [5.74, 6) is 1.55. The summed E-state index contributed by atoms with van der Waals surface area (Å²) in [7, 11) is 0. The average Bonchev–Trinajstić information content (AvgIpc) is 3.23. The fourth-order valence-corrected chi connectivity index (χ4v) is 2.10. The van der Waals surface area contributed by atoms with E-state index in [4.69, 9.17) is 4.42 Å². The Morgan fingerprint density at radius 2 is 1.90 bits per heavy atom. The van der Waals surface area contributed by atoms with Crippen LogP contribution in [0.4, 0.5) is 4.79 Å². The quantitative estimate of drug-likeness (QED) is 0.868. The Labute approximate surface area is 130 Å². The minimum absolute atomic E-state index is 0.242. The van der Waals surface area contributed by atoms with Crippen LogP contribution in [0.5, 0.6) is 0 Å². The molecule has 1 aromatic heterocycles. The molecule has 1 heterocycles. The Kier molecular flexibility index (Phi) is 4.19. The second kappa shape index (κ2) is 6.26. The predicted octanol–water partition coefficient (Wildman–Crippen LogP) is 2.71. The molecule has 0 radical (unpaired) electrons. The van der Waals surface area contributed by atoms with Crippen molar-refractivity contribution in [2.75, 3.05) is 0 Å². The van der Waals surface area contributed by atoms with Gasteiger partial charge in [-0.25, -0.2) is 4.79 Å². The lowest BCUT2D eigenvalue weighted by Crippen LogP contribution is -2.34. The molecular formula is C14H15BrN4O2. The summed E-state index contributed by atoms with van der Waals surface area (Å²) in [5.41, 5.74) is 1.03. The Morgan fingerprint density at radius 1 is 1.19 bits per heavy atom. The van der Waals surface area contributed by atoms with Crippen LogP contribution in [-0.2, 0) is 13.1 Å². The van der Waals surface area contributed by atoms with Crippen LogP contribution in [0, 0.1) is 0 Å². The number of carbonyl (C=O) groups is 1. The molecule has 1 saturated carbocycles. The van der Waals surface area contributed by atoms with Gasteiger partial charge in [-0.3, -0.25) is 0 Å². The van der Waals surface area contributed by atoms with E-state index in [1.165, 1.54) is 0 Å². The van der Waals surface area contributed by atoms with E-state index in [-0.39, 0.29) is 12.6 Å². The van der Waals surface area contributed by atoms with Crippen LogP contribution in [0.2, 0.25) is 0 Å². The summed E-state index contributed by atoms with van der Waals surface area (Å²) in [5, 5.41) is 13.4. The van der Waals surface area contributed by atoms with E-state index in [1.807, 2.05) is 24.3 Å². The molecule has 1 aliphatic rings. The fourth-order valence-electron chi connectivity index (χ4n) is 1.84. The highest BCUT2D eigenvalue weighted by Gasteiger charge is 2.29. The molecule has 0 bridgehead atoms. The first-order chi connectivity index (χ1) is 10.2. The maximum Gasteiger partial charge on any atom is 0.315 e. The van der Waals surface area contributed by atoms with Crippen LogP contribution in [0.3, 0.4) is 0 Å². The van der Waals surface area contributed by atoms with Gasteiger partial charge in [-0.2, -0.15) is 0 Å². The molecule has 0 atom stereocenters. The van der Waals surface area contributed by atoms with Crippen molar-refractivity contribution in [3.63, 3.8) is 0 Å². The third-order valence-electron chi connectivity index (χ3n) is 3.18.